The van der Waals surface area contributed by atoms with Gasteiger partial charge >= 0.3 is 5.97 Å². The van der Waals surface area contributed by atoms with Crippen molar-refractivity contribution in [2.24, 2.45) is 0 Å². The minimum atomic E-state index is -0.822. The van der Waals surface area contributed by atoms with Gasteiger partial charge in [0.2, 0.25) is 0 Å². The molecule has 0 N–H and O–H groups in total. The second-order valence-electron chi connectivity index (χ2n) is 4.64. The highest BCUT2D eigenvalue weighted by Crippen LogP contribution is 2.23. The molecule has 0 amide bonds. The van der Waals surface area contributed by atoms with Crippen LogP contribution in [0.15, 0.2) is 42.5 Å². The Hall–Kier alpha value is -2.96. The predicted molar refractivity (Wildman–Crippen MR) is 80.0 cm³/mol. The molecule has 6 nitrogen and oxygen atoms in total. The fourth-order valence-electron chi connectivity index (χ4n) is 1.99. The van der Waals surface area contributed by atoms with E-state index in [9.17, 15) is 19.3 Å². The monoisotopic (exact) mass is 319 g/mol. The number of nitrogens with zero attached hydrogens (tertiary/aromatic N) is 1. The summed E-state index contributed by atoms with van der Waals surface area (Å²) >= 11 is 0. The lowest BCUT2D eigenvalue weighted by Crippen LogP contribution is -2.14. The van der Waals surface area contributed by atoms with Gasteiger partial charge in [0, 0.05) is 5.56 Å². The number of hydrogen-bond donors (Lipinski definition) is 0. The maximum Gasteiger partial charge on any atom is 0.345 e. The number of hydrogen-bond acceptors (Lipinski definition) is 5. The number of nitro benzene ring substituents is 1. The molecule has 0 bridgehead atoms. The quantitative estimate of drug-likeness (QED) is 0.353. The molecule has 0 saturated heterocycles. The molecule has 0 heterocycles. The number of rotatable bonds is 6. The number of halogens is 1. The molecule has 23 heavy (non-hydrogen) atoms. The second kappa shape index (κ2) is 7.35. The van der Waals surface area contributed by atoms with E-state index in [1.54, 1.807) is 6.07 Å². The first-order valence-corrected chi connectivity index (χ1v) is 6.79. The molecule has 0 aliphatic carbocycles. The molecule has 120 valence electrons. The van der Waals surface area contributed by atoms with Gasteiger partial charge in [0.05, 0.1) is 4.92 Å². The molecule has 2 aromatic rings. The first-order valence-electron chi connectivity index (χ1n) is 6.79. The molecule has 0 radical (unpaired) electrons. The van der Waals surface area contributed by atoms with Gasteiger partial charge in [-0.1, -0.05) is 24.3 Å². The predicted octanol–water partition coefficient (Wildman–Crippen LogP) is 3.28. The number of nitro groups is 1. The average molecular weight is 319 g/mol. The molecular weight excluding hydrogens is 305 g/mol. The van der Waals surface area contributed by atoms with E-state index in [0.717, 1.165) is 0 Å². The standard InChI is InChI=1S/C16H14FNO5/c1-11-5-4-6-12(15(11)18(20)21)16(19)23-10-9-22-14-8-3-2-7-13(14)17/h2-8H,9-10H2,1H3. The van der Waals surface area contributed by atoms with Crippen molar-refractivity contribution in [1.82, 2.24) is 0 Å². The normalized spacial score (nSPS) is 10.2. The number of esters is 1. The highest BCUT2D eigenvalue weighted by atomic mass is 19.1. The molecule has 0 aliphatic rings. The van der Waals surface area contributed by atoms with Crippen molar-refractivity contribution in [1.29, 1.82) is 0 Å². The maximum atomic E-state index is 13.3. The van der Waals surface area contributed by atoms with Gasteiger partial charge < -0.3 is 9.47 Å². The largest absolute Gasteiger partial charge is 0.487 e. The van der Waals surface area contributed by atoms with Crippen LogP contribution in [-0.4, -0.2) is 24.1 Å². The van der Waals surface area contributed by atoms with Crippen LogP contribution in [0.3, 0.4) is 0 Å². The highest BCUT2D eigenvalue weighted by Gasteiger charge is 2.23. The van der Waals surface area contributed by atoms with Crippen LogP contribution in [0.1, 0.15) is 15.9 Å². The number of carbonyl (C=O) groups excluding carboxylic acids is 1. The highest BCUT2D eigenvalue weighted by molar-refractivity contribution is 5.94. The lowest BCUT2D eigenvalue weighted by molar-refractivity contribution is -0.385. The molecule has 0 unspecified atom stereocenters. The summed E-state index contributed by atoms with van der Waals surface area (Å²) in [7, 11) is 0. The van der Waals surface area contributed by atoms with Crippen LogP contribution in [0.5, 0.6) is 5.75 Å². The number of benzene rings is 2. The van der Waals surface area contributed by atoms with Gasteiger partial charge in [-0.2, -0.15) is 0 Å². The van der Waals surface area contributed by atoms with Gasteiger partial charge in [-0.25, -0.2) is 9.18 Å². The van der Waals surface area contributed by atoms with E-state index in [4.69, 9.17) is 9.47 Å². The van der Waals surface area contributed by atoms with E-state index >= 15 is 0 Å². The topological polar surface area (TPSA) is 78.7 Å². The van der Waals surface area contributed by atoms with Crippen molar-refractivity contribution in [3.63, 3.8) is 0 Å². The Bertz CT molecular complexity index is 732. The van der Waals surface area contributed by atoms with E-state index in [1.807, 2.05) is 0 Å². The fourth-order valence-corrected chi connectivity index (χ4v) is 1.99. The lowest BCUT2D eigenvalue weighted by atomic mass is 10.1. The second-order valence-corrected chi connectivity index (χ2v) is 4.64. The SMILES string of the molecule is Cc1cccc(C(=O)OCCOc2ccccc2F)c1[N+](=O)[O-]. The number of para-hydroxylation sites is 2. The van der Waals surface area contributed by atoms with Crippen LogP contribution in [0.25, 0.3) is 0 Å². The van der Waals surface area contributed by atoms with Crippen molar-refractivity contribution in [3.05, 3.63) is 69.5 Å². The van der Waals surface area contributed by atoms with Crippen molar-refractivity contribution in [2.45, 2.75) is 6.92 Å². The van der Waals surface area contributed by atoms with Gasteiger partial charge in [0.15, 0.2) is 11.6 Å². The molecule has 2 aromatic carbocycles. The Kier molecular flexibility index (Phi) is 5.24. The summed E-state index contributed by atoms with van der Waals surface area (Å²) in [5.74, 6) is -1.30. The van der Waals surface area contributed by atoms with E-state index in [0.29, 0.717) is 5.56 Å². The lowest BCUT2D eigenvalue weighted by Gasteiger charge is -2.08. The van der Waals surface area contributed by atoms with E-state index in [1.165, 1.54) is 43.3 Å². The van der Waals surface area contributed by atoms with E-state index < -0.39 is 16.7 Å². The van der Waals surface area contributed by atoms with Crippen molar-refractivity contribution in [2.75, 3.05) is 13.2 Å². The van der Waals surface area contributed by atoms with Crippen molar-refractivity contribution in [3.8, 4) is 5.75 Å². The van der Waals surface area contributed by atoms with Crippen LogP contribution in [0.2, 0.25) is 0 Å². The summed E-state index contributed by atoms with van der Waals surface area (Å²) in [6, 6.07) is 10.2. The Morgan fingerprint density at radius 3 is 2.61 bits per heavy atom. The van der Waals surface area contributed by atoms with Gasteiger partial charge in [0.25, 0.3) is 5.69 Å². The number of aryl methyl sites for hydroxylation is 1. The third kappa shape index (κ3) is 4.03. The zero-order chi connectivity index (χ0) is 16.8. The van der Waals surface area contributed by atoms with E-state index in [-0.39, 0.29) is 30.2 Å². The molecule has 0 fully saturated rings. The summed E-state index contributed by atoms with van der Waals surface area (Å²) in [6.07, 6.45) is 0. The number of ether oxygens (including phenoxy) is 2. The minimum Gasteiger partial charge on any atom is -0.487 e. The molecule has 0 spiro atoms. The fraction of sp³-hybridized carbons (Fsp3) is 0.188. The third-order valence-electron chi connectivity index (χ3n) is 3.05. The summed E-state index contributed by atoms with van der Waals surface area (Å²) in [6.45, 7) is 1.32. The first-order chi connectivity index (χ1) is 11.0. The maximum absolute atomic E-state index is 13.3. The zero-order valence-electron chi connectivity index (χ0n) is 12.3. The van der Waals surface area contributed by atoms with Crippen LogP contribution < -0.4 is 4.74 Å². The van der Waals surface area contributed by atoms with Crippen molar-refractivity contribution >= 4 is 11.7 Å². The summed E-state index contributed by atoms with van der Waals surface area (Å²) in [5, 5.41) is 11.0. The van der Waals surface area contributed by atoms with Gasteiger partial charge in [-0.15, -0.1) is 0 Å². The average Bonchev–Trinajstić information content (AvgIpc) is 2.52. The Morgan fingerprint density at radius 2 is 1.91 bits per heavy atom. The molecule has 0 saturated carbocycles. The first kappa shape index (κ1) is 16.4. The summed E-state index contributed by atoms with van der Waals surface area (Å²) < 4.78 is 23.4. The Labute approximate surface area is 131 Å². The molecule has 0 aromatic heterocycles. The summed E-state index contributed by atoms with van der Waals surface area (Å²) in [4.78, 5) is 22.4. The van der Waals surface area contributed by atoms with Crippen LogP contribution in [-0.2, 0) is 4.74 Å². The smallest absolute Gasteiger partial charge is 0.345 e. The van der Waals surface area contributed by atoms with Crippen LogP contribution in [0, 0.1) is 22.9 Å². The van der Waals surface area contributed by atoms with Crippen molar-refractivity contribution < 1.29 is 23.6 Å². The van der Waals surface area contributed by atoms with Crippen LogP contribution >= 0.6 is 0 Å². The molecular formula is C16H14FNO5. The molecule has 0 atom stereocenters. The summed E-state index contributed by atoms with van der Waals surface area (Å²) in [5.41, 5.74) is -0.0412. The molecule has 0 aliphatic heterocycles. The van der Waals surface area contributed by atoms with E-state index in [2.05, 4.69) is 0 Å². The van der Waals surface area contributed by atoms with Gasteiger partial charge in [0.1, 0.15) is 18.8 Å². The van der Waals surface area contributed by atoms with Gasteiger partial charge in [-0.05, 0) is 25.1 Å². The minimum absolute atomic E-state index is 0.0464. The third-order valence-corrected chi connectivity index (χ3v) is 3.05. The molecule has 7 heteroatoms. The number of carbonyl (C=O) groups is 1. The molecule has 2 rings (SSSR count). The zero-order valence-corrected chi connectivity index (χ0v) is 12.3. The Balaban J connectivity index is 1.95. The Morgan fingerprint density at radius 1 is 1.17 bits per heavy atom. The van der Waals surface area contributed by atoms with Crippen LogP contribution in [0.4, 0.5) is 10.1 Å². The van der Waals surface area contributed by atoms with Gasteiger partial charge in [-0.3, -0.25) is 10.1 Å².